The Morgan fingerprint density at radius 3 is 2.46 bits per heavy atom. The van der Waals surface area contributed by atoms with E-state index in [2.05, 4.69) is 9.88 Å². The van der Waals surface area contributed by atoms with E-state index in [1.165, 1.54) is 25.3 Å². The summed E-state index contributed by atoms with van der Waals surface area (Å²) >= 11 is 0. The molecule has 2 aromatic carbocycles. The second-order valence-electron chi connectivity index (χ2n) is 7.48. The summed E-state index contributed by atoms with van der Waals surface area (Å²) < 4.78 is 19.9. The van der Waals surface area contributed by atoms with Gasteiger partial charge in [-0.1, -0.05) is 31.4 Å². The largest absolute Gasteiger partial charge is 0.497 e. The number of pyridine rings is 1. The van der Waals surface area contributed by atoms with Gasteiger partial charge in [-0.05, 0) is 42.7 Å². The van der Waals surface area contributed by atoms with E-state index in [1.54, 1.807) is 31.5 Å². The van der Waals surface area contributed by atoms with E-state index >= 15 is 0 Å². The van der Waals surface area contributed by atoms with Gasteiger partial charge in [0.25, 0.3) is 0 Å². The zero-order chi connectivity index (χ0) is 19.7. The minimum Gasteiger partial charge on any atom is -0.497 e. The molecule has 0 saturated heterocycles. The standard InChI is InChI=1S/C23H25FN2O2/c1-26(16-6-4-3-5-7-16)20-13-12-19(24)21-22(20)25-14-18(23(21)27)15-8-10-17(28-2)11-9-15/h8-14,16H,3-7H2,1-2H3,(H,25,27). The fourth-order valence-corrected chi connectivity index (χ4v) is 4.22. The Hall–Kier alpha value is -2.82. The molecule has 0 unspecified atom stereocenters. The van der Waals surface area contributed by atoms with E-state index in [1.807, 2.05) is 19.2 Å². The molecule has 5 heteroatoms. The van der Waals surface area contributed by atoms with Crippen molar-refractivity contribution in [1.82, 2.24) is 4.98 Å². The van der Waals surface area contributed by atoms with Gasteiger partial charge in [0.15, 0.2) is 5.43 Å². The van der Waals surface area contributed by atoms with Gasteiger partial charge in [-0.15, -0.1) is 0 Å². The molecule has 0 atom stereocenters. The molecule has 1 aromatic heterocycles. The van der Waals surface area contributed by atoms with Crippen molar-refractivity contribution in [3.05, 3.63) is 58.6 Å². The van der Waals surface area contributed by atoms with E-state index in [-0.39, 0.29) is 10.8 Å². The van der Waals surface area contributed by atoms with Crippen LogP contribution in [0.5, 0.6) is 5.75 Å². The summed E-state index contributed by atoms with van der Waals surface area (Å²) in [7, 11) is 3.63. The fraction of sp³-hybridized carbons (Fsp3) is 0.348. The smallest absolute Gasteiger partial charge is 0.200 e. The summed E-state index contributed by atoms with van der Waals surface area (Å²) in [5.41, 5.74) is 2.33. The molecule has 1 saturated carbocycles. The highest BCUT2D eigenvalue weighted by molar-refractivity contribution is 5.93. The van der Waals surface area contributed by atoms with E-state index in [0.29, 0.717) is 22.9 Å². The Balaban J connectivity index is 1.81. The van der Waals surface area contributed by atoms with Crippen molar-refractivity contribution in [2.24, 2.45) is 0 Å². The van der Waals surface area contributed by atoms with Gasteiger partial charge >= 0.3 is 0 Å². The average molecular weight is 380 g/mol. The number of halogens is 1. The molecule has 1 aliphatic carbocycles. The summed E-state index contributed by atoms with van der Waals surface area (Å²) in [6.45, 7) is 0. The SMILES string of the molecule is COc1ccc(-c2c[nH]c3c(N(C)C4CCCCC4)ccc(F)c3c2=O)cc1. The van der Waals surface area contributed by atoms with Crippen LogP contribution in [0.15, 0.2) is 47.4 Å². The van der Waals surface area contributed by atoms with Crippen LogP contribution in [0.4, 0.5) is 10.1 Å². The van der Waals surface area contributed by atoms with Crippen LogP contribution in [0.1, 0.15) is 32.1 Å². The van der Waals surface area contributed by atoms with Crippen LogP contribution in [0.25, 0.3) is 22.0 Å². The third kappa shape index (κ3) is 3.26. The molecule has 4 rings (SSSR count). The molecule has 4 nitrogen and oxygen atoms in total. The zero-order valence-electron chi connectivity index (χ0n) is 16.3. The van der Waals surface area contributed by atoms with Crippen molar-refractivity contribution in [2.75, 3.05) is 19.1 Å². The maximum Gasteiger partial charge on any atom is 0.200 e. The van der Waals surface area contributed by atoms with Crippen LogP contribution in [0, 0.1) is 5.82 Å². The number of methoxy groups -OCH3 is 1. The van der Waals surface area contributed by atoms with Gasteiger partial charge in [-0.3, -0.25) is 4.79 Å². The topological polar surface area (TPSA) is 45.3 Å². The second kappa shape index (κ2) is 7.66. The van der Waals surface area contributed by atoms with E-state index in [4.69, 9.17) is 4.74 Å². The maximum absolute atomic E-state index is 14.7. The summed E-state index contributed by atoms with van der Waals surface area (Å²) in [5, 5.41) is 0.119. The number of H-pyrrole nitrogens is 1. The average Bonchev–Trinajstić information content (AvgIpc) is 2.74. The van der Waals surface area contributed by atoms with Crippen LogP contribution in [-0.2, 0) is 0 Å². The van der Waals surface area contributed by atoms with Gasteiger partial charge in [0.2, 0.25) is 0 Å². The number of benzene rings is 2. The van der Waals surface area contributed by atoms with E-state index in [0.717, 1.165) is 24.1 Å². The van der Waals surface area contributed by atoms with E-state index < -0.39 is 5.82 Å². The third-order valence-electron chi connectivity index (χ3n) is 5.87. The number of hydrogen-bond donors (Lipinski definition) is 1. The highest BCUT2D eigenvalue weighted by Crippen LogP contribution is 2.32. The molecule has 28 heavy (non-hydrogen) atoms. The van der Waals surface area contributed by atoms with Crippen LogP contribution in [-0.4, -0.2) is 25.2 Å². The van der Waals surface area contributed by atoms with Crippen molar-refractivity contribution >= 4 is 16.6 Å². The number of aromatic amines is 1. The van der Waals surface area contributed by atoms with Crippen molar-refractivity contribution in [3.63, 3.8) is 0 Å². The number of aromatic nitrogens is 1. The quantitative estimate of drug-likeness (QED) is 0.684. The van der Waals surface area contributed by atoms with Crippen LogP contribution in [0.2, 0.25) is 0 Å². The Labute approximate surface area is 164 Å². The molecule has 0 bridgehead atoms. The summed E-state index contributed by atoms with van der Waals surface area (Å²) in [5.74, 6) is 0.218. The van der Waals surface area contributed by atoms with Gasteiger partial charge in [0.05, 0.1) is 23.7 Å². The van der Waals surface area contributed by atoms with Gasteiger partial charge < -0.3 is 14.6 Å². The highest BCUT2D eigenvalue weighted by Gasteiger charge is 2.22. The van der Waals surface area contributed by atoms with Crippen LogP contribution < -0.4 is 15.1 Å². The predicted molar refractivity (Wildman–Crippen MR) is 112 cm³/mol. The molecule has 1 heterocycles. The Morgan fingerprint density at radius 1 is 1.07 bits per heavy atom. The number of hydrogen-bond acceptors (Lipinski definition) is 3. The molecule has 1 fully saturated rings. The second-order valence-corrected chi connectivity index (χ2v) is 7.48. The lowest BCUT2D eigenvalue weighted by atomic mass is 9.94. The molecule has 3 aromatic rings. The number of rotatable bonds is 4. The van der Waals surface area contributed by atoms with Crippen molar-refractivity contribution < 1.29 is 9.13 Å². The Bertz CT molecular complexity index is 1040. The number of nitrogens with zero attached hydrogens (tertiary/aromatic N) is 1. The van der Waals surface area contributed by atoms with Gasteiger partial charge in [0.1, 0.15) is 11.6 Å². The first-order valence-corrected chi connectivity index (χ1v) is 9.81. The van der Waals surface area contributed by atoms with Crippen LogP contribution >= 0.6 is 0 Å². The lowest BCUT2D eigenvalue weighted by molar-refractivity contribution is 0.415. The van der Waals surface area contributed by atoms with E-state index in [9.17, 15) is 9.18 Å². The van der Waals surface area contributed by atoms with Crippen molar-refractivity contribution in [2.45, 2.75) is 38.1 Å². The lowest BCUT2D eigenvalue weighted by Crippen LogP contribution is -2.33. The molecule has 146 valence electrons. The molecular formula is C23H25FN2O2. The summed E-state index contributed by atoms with van der Waals surface area (Å²) in [4.78, 5) is 18.5. The normalized spacial score (nSPS) is 15.0. The molecule has 0 amide bonds. The number of fused-ring (bicyclic) bond motifs is 1. The minimum absolute atomic E-state index is 0.119. The minimum atomic E-state index is -0.493. The summed E-state index contributed by atoms with van der Waals surface area (Å²) in [6, 6.07) is 10.8. The lowest BCUT2D eigenvalue weighted by Gasteiger charge is -2.33. The number of anilines is 1. The fourth-order valence-electron chi connectivity index (χ4n) is 4.22. The predicted octanol–water partition coefficient (Wildman–Crippen LogP) is 5.11. The maximum atomic E-state index is 14.7. The first-order chi connectivity index (χ1) is 13.6. The molecule has 0 aliphatic heterocycles. The van der Waals surface area contributed by atoms with Gasteiger partial charge in [0, 0.05) is 24.8 Å². The number of nitrogens with one attached hydrogen (secondary N) is 1. The van der Waals surface area contributed by atoms with Crippen molar-refractivity contribution in [3.8, 4) is 16.9 Å². The first kappa shape index (κ1) is 18.5. The molecule has 1 aliphatic rings. The van der Waals surface area contributed by atoms with Crippen molar-refractivity contribution in [1.29, 1.82) is 0 Å². The summed E-state index contributed by atoms with van der Waals surface area (Å²) in [6.07, 6.45) is 7.65. The zero-order valence-corrected chi connectivity index (χ0v) is 16.3. The Kier molecular flexibility index (Phi) is 5.07. The molecule has 0 spiro atoms. The first-order valence-electron chi connectivity index (χ1n) is 9.81. The van der Waals surface area contributed by atoms with Gasteiger partial charge in [-0.2, -0.15) is 0 Å². The monoisotopic (exact) mass is 380 g/mol. The molecular weight excluding hydrogens is 355 g/mol. The van der Waals surface area contributed by atoms with Gasteiger partial charge in [-0.25, -0.2) is 4.39 Å². The number of ether oxygens (including phenoxy) is 1. The molecule has 1 N–H and O–H groups in total. The third-order valence-corrected chi connectivity index (χ3v) is 5.87. The van der Waals surface area contributed by atoms with Crippen LogP contribution in [0.3, 0.4) is 0 Å². The Morgan fingerprint density at radius 2 is 1.79 bits per heavy atom. The highest BCUT2D eigenvalue weighted by atomic mass is 19.1. The molecule has 0 radical (unpaired) electrons.